The van der Waals surface area contributed by atoms with E-state index in [0.717, 1.165) is 18.2 Å². The number of carboxylic acid groups (broad SMARTS) is 1. The van der Waals surface area contributed by atoms with Gasteiger partial charge in [-0.15, -0.1) is 10.2 Å². The second-order valence-corrected chi connectivity index (χ2v) is 11.0. The van der Waals surface area contributed by atoms with Crippen LogP contribution in [0.2, 0.25) is 0 Å². The van der Waals surface area contributed by atoms with Gasteiger partial charge in [-0.25, -0.2) is 9.00 Å². The van der Waals surface area contributed by atoms with Gasteiger partial charge >= 0.3 is 22.1 Å². The van der Waals surface area contributed by atoms with Gasteiger partial charge < -0.3 is 40.8 Å². The lowest BCUT2D eigenvalue weighted by atomic mass is 10.1. The number of phenolic OH excluding ortho intramolecular Hbond substituents is 1. The van der Waals surface area contributed by atoms with Gasteiger partial charge in [0.25, 0.3) is 0 Å². The van der Waals surface area contributed by atoms with Gasteiger partial charge in [-0.1, -0.05) is 30.3 Å². The average molecular weight is 685 g/mol. The molecule has 1 unspecified atom stereocenters. The van der Waals surface area contributed by atoms with Crippen LogP contribution in [-0.4, -0.2) is 53.4 Å². The van der Waals surface area contributed by atoms with Gasteiger partial charge in [0.05, 0.1) is 16.1 Å². The molecule has 4 aromatic carbocycles. The van der Waals surface area contributed by atoms with Gasteiger partial charge in [0.1, 0.15) is 17.0 Å². The van der Waals surface area contributed by atoms with Crippen LogP contribution in [0, 0.1) is 0 Å². The summed E-state index contributed by atoms with van der Waals surface area (Å²) in [6.07, 6.45) is 0. The Kier molecular flexibility index (Phi) is 10.2. The van der Waals surface area contributed by atoms with E-state index in [1.807, 2.05) is 0 Å². The molecule has 1 atom stereocenters. The smallest absolute Gasteiger partial charge is 0.337 e. The van der Waals surface area contributed by atoms with E-state index < -0.39 is 55.5 Å². The predicted molar refractivity (Wildman–Crippen MR) is 165 cm³/mol. The van der Waals surface area contributed by atoms with Gasteiger partial charge in [-0.2, -0.15) is 33.6 Å². The molecule has 5 rings (SSSR count). The van der Waals surface area contributed by atoms with Gasteiger partial charge in [0, 0.05) is 11.1 Å². The number of carboxylic acids is 1. The number of carbonyl (C=O) groups is 1. The lowest BCUT2D eigenvalue weighted by molar-refractivity contribution is 0.0697. The molecule has 0 amide bonds. The number of hydrogen-bond donors (Lipinski definition) is 7. The van der Waals surface area contributed by atoms with Crippen LogP contribution in [0.25, 0.3) is 10.8 Å². The fourth-order valence-corrected chi connectivity index (χ4v) is 5.00. The van der Waals surface area contributed by atoms with Gasteiger partial charge in [0.15, 0.2) is 17.2 Å². The number of nitrogens with two attached hydrogens (primary N) is 1. The summed E-state index contributed by atoms with van der Waals surface area (Å²) in [6, 6.07) is 16.3. The second kappa shape index (κ2) is 14.1. The number of nitrogens with one attached hydrogen (secondary N) is 2. The summed E-state index contributed by atoms with van der Waals surface area (Å²) in [5.74, 6) is 1.76. The van der Waals surface area contributed by atoms with E-state index in [2.05, 4.69) is 40.1 Å². The highest BCUT2D eigenvalue weighted by atomic mass is 32.2. The summed E-state index contributed by atoms with van der Waals surface area (Å²) in [6.45, 7) is 0. The lowest BCUT2D eigenvalue weighted by Crippen LogP contribution is -2.12. The minimum Gasteiger partial charge on any atom is -0.740 e. The standard InChI is InChI=1S/C26H20N8O10S2.H3N/c27-44-46(41,42)15-10-13-11-19(43-45(39)40)21(34-33-17-9-5-4-8-16(17)23(36)37)22(35)20(13)18(12-15)29-25-30-24(31-26(38)32-25)28-14-6-2-1-3-7-14;/h1-12,35H,27H2,(H,36,37)(H,39,40)(H3,28,29,30,31,32,38);1H3/p-1. The van der Waals surface area contributed by atoms with Crippen LogP contribution >= 0.6 is 0 Å². The van der Waals surface area contributed by atoms with Crippen LogP contribution in [0.4, 0.5) is 34.6 Å². The van der Waals surface area contributed by atoms with E-state index >= 15 is 0 Å². The van der Waals surface area contributed by atoms with E-state index in [4.69, 9.17) is 10.1 Å². The van der Waals surface area contributed by atoms with Gasteiger partial charge in [-0.05, 0) is 47.9 Å². The van der Waals surface area contributed by atoms with Crippen molar-refractivity contribution in [1.29, 1.82) is 0 Å². The Morgan fingerprint density at radius 1 is 0.936 bits per heavy atom. The summed E-state index contributed by atoms with van der Waals surface area (Å²) in [5, 5.41) is 44.0. The molecular formula is C26H22N9O10S2-. The number of aromatic hydroxyl groups is 2. The van der Waals surface area contributed by atoms with E-state index in [1.54, 1.807) is 30.3 Å². The number of anilines is 4. The molecule has 0 aliphatic carbocycles. The molecule has 5 aromatic rings. The largest absolute Gasteiger partial charge is 0.740 e. The third-order valence-electron chi connectivity index (χ3n) is 5.99. The average Bonchev–Trinajstić information content (AvgIpc) is 3.00. The molecular weight excluding hydrogens is 662 g/mol. The molecule has 0 aliphatic heterocycles. The van der Waals surface area contributed by atoms with Crippen LogP contribution in [0.15, 0.2) is 87.9 Å². The Balaban J connectivity index is 0.00000500. The maximum absolute atomic E-state index is 12.6. The molecule has 0 saturated heterocycles. The fourth-order valence-electron chi connectivity index (χ4n) is 4.08. The Morgan fingerprint density at radius 3 is 2.26 bits per heavy atom. The molecule has 19 nitrogen and oxygen atoms in total. The van der Waals surface area contributed by atoms with Crippen molar-refractivity contribution in [1.82, 2.24) is 21.1 Å². The van der Waals surface area contributed by atoms with E-state index in [9.17, 15) is 37.3 Å². The number of aromatic nitrogens is 3. The summed E-state index contributed by atoms with van der Waals surface area (Å²) in [5.41, 5.74) is -0.676. The first kappa shape index (κ1) is 34.0. The number of hydrogen-bond acceptors (Lipinski definition) is 18. The number of rotatable bonds is 11. The molecule has 0 fully saturated rings. The molecule has 10 N–H and O–H groups in total. The lowest BCUT2D eigenvalue weighted by Gasteiger charge is -2.17. The minimum atomic E-state index is -4.60. The first-order valence-electron chi connectivity index (χ1n) is 12.5. The topological polar surface area (TPSA) is 319 Å². The molecule has 1 aromatic heterocycles. The number of fused-ring (bicyclic) bond motifs is 1. The Labute approximate surface area is 266 Å². The zero-order valence-corrected chi connectivity index (χ0v) is 25.1. The molecule has 244 valence electrons. The second-order valence-electron chi connectivity index (χ2n) is 8.90. The molecule has 0 aliphatic rings. The molecule has 47 heavy (non-hydrogen) atoms. The Morgan fingerprint density at radius 2 is 1.60 bits per heavy atom. The van der Waals surface area contributed by atoms with Crippen molar-refractivity contribution in [3.63, 3.8) is 0 Å². The Hall–Kier alpha value is -5.84. The third kappa shape index (κ3) is 7.70. The van der Waals surface area contributed by atoms with Crippen molar-refractivity contribution in [2.45, 2.75) is 4.90 Å². The van der Waals surface area contributed by atoms with Crippen molar-refractivity contribution in [2.24, 2.45) is 16.1 Å². The molecule has 0 radical (unpaired) electrons. The number of phenols is 1. The molecule has 0 bridgehead atoms. The number of para-hydroxylation sites is 1. The zero-order valence-electron chi connectivity index (χ0n) is 23.5. The normalized spacial score (nSPS) is 12.0. The molecule has 0 spiro atoms. The SMILES string of the molecule is N.NOS(=O)(=O)c1cc(Nc2nc(O)nc(Nc3ccccc3)n2)c2c(O)c(N=Nc3ccccc3C(=O)O)c(OS(=O)[O-])cc2c1. The van der Waals surface area contributed by atoms with Crippen molar-refractivity contribution in [2.75, 3.05) is 10.6 Å². The summed E-state index contributed by atoms with van der Waals surface area (Å²) < 4.78 is 57.1. The molecule has 21 heteroatoms. The van der Waals surface area contributed by atoms with Crippen LogP contribution in [0.3, 0.4) is 0 Å². The highest BCUT2D eigenvalue weighted by Crippen LogP contribution is 2.48. The number of aromatic carboxylic acids is 1. The fraction of sp³-hybridized carbons (Fsp3) is 0. The maximum Gasteiger partial charge on any atom is 0.337 e. The Bertz CT molecular complexity index is 2140. The van der Waals surface area contributed by atoms with Crippen LogP contribution in [0.1, 0.15) is 10.4 Å². The first-order chi connectivity index (χ1) is 21.9. The highest BCUT2D eigenvalue weighted by molar-refractivity contribution is 7.86. The highest BCUT2D eigenvalue weighted by Gasteiger charge is 2.24. The van der Waals surface area contributed by atoms with Crippen molar-refractivity contribution in [3.05, 3.63) is 78.4 Å². The predicted octanol–water partition coefficient (Wildman–Crippen LogP) is 3.95. The van der Waals surface area contributed by atoms with E-state index in [0.29, 0.717) is 5.69 Å². The summed E-state index contributed by atoms with van der Waals surface area (Å²) >= 11 is -3.22. The van der Waals surface area contributed by atoms with Crippen molar-refractivity contribution < 1.29 is 45.8 Å². The van der Waals surface area contributed by atoms with Crippen LogP contribution < -0.4 is 26.9 Å². The van der Waals surface area contributed by atoms with Crippen molar-refractivity contribution >= 4 is 72.9 Å². The molecule has 1 heterocycles. The van der Waals surface area contributed by atoms with Gasteiger partial charge in [-0.3, -0.25) is 0 Å². The number of nitrogens with zero attached hydrogens (tertiary/aromatic N) is 5. The van der Waals surface area contributed by atoms with Crippen LogP contribution in [-0.2, 0) is 25.8 Å². The third-order valence-corrected chi connectivity index (χ3v) is 7.37. The quantitative estimate of drug-likeness (QED) is 0.0588. The van der Waals surface area contributed by atoms with Gasteiger partial charge in [0.2, 0.25) is 11.9 Å². The summed E-state index contributed by atoms with van der Waals surface area (Å²) in [7, 11) is -4.60. The monoisotopic (exact) mass is 684 g/mol. The van der Waals surface area contributed by atoms with Crippen LogP contribution in [0.5, 0.6) is 17.5 Å². The zero-order chi connectivity index (χ0) is 33.0. The number of benzene rings is 4. The van der Waals surface area contributed by atoms with E-state index in [-0.39, 0.29) is 45.8 Å². The van der Waals surface area contributed by atoms with E-state index in [1.165, 1.54) is 24.3 Å². The van der Waals surface area contributed by atoms with Crippen molar-refractivity contribution in [3.8, 4) is 17.5 Å². The minimum absolute atomic E-state index is 0. The molecule has 0 saturated carbocycles. The summed E-state index contributed by atoms with van der Waals surface area (Å²) in [4.78, 5) is 22.8. The maximum atomic E-state index is 12.6. The first-order valence-corrected chi connectivity index (χ1v) is 14.9. The number of azo groups is 1.